The zero-order valence-corrected chi connectivity index (χ0v) is 12.4. The highest BCUT2D eigenvalue weighted by molar-refractivity contribution is 6.31. The molecule has 0 amide bonds. The Labute approximate surface area is 122 Å². The molecule has 0 aliphatic heterocycles. The number of benzene rings is 1. The average Bonchev–Trinajstić information content (AvgIpc) is 2.39. The molecule has 106 valence electrons. The number of halogens is 1. The molecule has 0 heterocycles. The van der Waals surface area contributed by atoms with Crippen LogP contribution in [0.2, 0.25) is 5.02 Å². The summed E-state index contributed by atoms with van der Waals surface area (Å²) in [4.78, 5) is 22.9. The van der Waals surface area contributed by atoms with Crippen LogP contribution in [0, 0.1) is 13.8 Å². The number of ether oxygens (including phenoxy) is 1. The minimum atomic E-state index is -0.568. The molecular formula is C15H16ClNO3. The third-order valence-corrected chi connectivity index (χ3v) is 3.50. The van der Waals surface area contributed by atoms with Gasteiger partial charge in [0.15, 0.2) is 5.75 Å². The highest BCUT2D eigenvalue weighted by Gasteiger charge is 2.22. The molecule has 0 unspecified atom stereocenters. The summed E-state index contributed by atoms with van der Waals surface area (Å²) in [6.45, 7) is 6.43. The lowest BCUT2D eigenvalue weighted by molar-refractivity contribution is 0.334. The summed E-state index contributed by atoms with van der Waals surface area (Å²) in [6.07, 6.45) is 0. The molecule has 2 rings (SSSR count). The first-order chi connectivity index (χ1) is 9.45. The van der Waals surface area contributed by atoms with Gasteiger partial charge in [-0.05, 0) is 43.5 Å². The second-order valence-corrected chi connectivity index (χ2v) is 5.10. The van der Waals surface area contributed by atoms with Crippen LogP contribution in [0.15, 0.2) is 21.7 Å². The second-order valence-electron chi connectivity index (χ2n) is 4.69. The van der Waals surface area contributed by atoms with Gasteiger partial charge in [0.25, 0.3) is 10.9 Å². The van der Waals surface area contributed by atoms with Crippen LogP contribution in [0.4, 0.5) is 5.69 Å². The van der Waals surface area contributed by atoms with Crippen molar-refractivity contribution < 1.29 is 4.74 Å². The van der Waals surface area contributed by atoms with Crippen LogP contribution in [0.5, 0.6) is 5.75 Å². The average molecular weight is 294 g/mol. The Morgan fingerprint density at radius 2 is 1.90 bits per heavy atom. The Balaban J connectivity index is 2.20. The maximum absolute atomic E-state index is 11.5. The fourth-order valence-corrected chi connectivity index (χ4v) is 2.55. The maximum atomic E-state index is 11.5. The quantitative estimate of drug-likeness (QED) is 0.861. The molecule has 0 fully saturated rings. The molecule has 4 nitrogen and oxygen atoms in total. The fourth-order valence-electron chi connectivity index (χ4n) is 2.16. The van der Waals surface area contributed by atoms with E-state index >= 15 is 0 Å². The van der Waals surface area contributed by atoms with Crippen molar-refractivity contribution in [3.63, 3.8) is 0 Å². The molecule has 0 bridgehead atoms. The van der Waals surface area contributed by atoms with E-state index in [1.165, 1.54) is 0 Å². The van der Waals surface area contributed by atoms with Gasteiger partial charge in [0.1, 0.15) is 5.69 Å². The molecule has 0 aromatic heterocycles. The van der Waals surface area contributed by atoms with Gasteiger partial charge in [-0.1, -0.05) is 17.7 Å². The van der Waals surface area contributed by atoms with Gasteiger partial charge >= 0.3 is 0 Å². The number of nitrogens with one attached hydrogen (secondary N) is 1. The number of hydrogen-bond acceptors (Lipinski definition) is 4. The molecule has 0 saturated heterocycles. The van der Waals surface area contributed by atoms with Crippen molar-refractivity contribution in [3.05, 3.63) is 54.3 Å². The molecular weight excluding hydrogens is 278 g/mol. The molecule has 0 atom stereocenters. The van der Waals surface area contributed by atoms with Crippen LogP contribution < -0.4 is 20.9 Å². The molecule has 0 saturated carbocycles. The Hall–Kier alpha value is -1.81. The van der Waals surface area contributed by atoms with E-state index in [0.717, 1.165) is 16.7 Å². The summed E-state index contributed by atoms with van der Waals surface area (Å²) < 4.78 is 5.15. The first-order valence-electron chi connectivity index (χ1n) is 6.41. The smallest absolute Gasteiger partial charge is 0.272 e. The van der Waals surface area contributed by atoms with E-state index in [-0.39, 0.29) is 11.4 Å². The third kappa shape index (κ3) is 2.56. The predicted octanol–water partition coefficient (Wildman–Crippen LogP) is 2.56. The van der Waals surface area contributed by atoms with E-state index < -0.39 is 10.9 Å². The van der Waals surface area contributed by atoms with Gasteiger partial charge < -0.3 is 10.1 Å². The molecule has 20 heavy (non-hydrogen) atoms. The lowest BCUT2D eigenvalue weighted by atomic mass is 10.1. The summed E-state index contributed by atoms with van der Waals surface area (Å²) in [6, 6.07) is 3.89. The molecule has 0 aliphatic rings. The summed E-state index contributed by atoms with van der Waals surface area (Å²) >= 11 is 6.20. The summed E-state index contributed by atoms with van der Waals surface area (Å²) in [5.74, 6) is 0.124. The van der Waals surface area contributed by atoms with Gasteiger partial charge in [0, 0.05) is 11.6 Å². The summed E-state index contributed by atoms with van der Waals surface area (Å²) in [7, 11) is 0. The number of aryl methyl sites for hydroxylation is 2. The van der Waals surface area contributed by atoms with Crippen LogP contribution in [0.1, 0.15) is 23.6 Å². The molecule has 5 heteroatoms. The van der Waals surface area contributed by atoms with Gasteiger partial charge in [0.05, 0.1) is 6.61 Å². The highest BCUT2D eigenvalue weighted by atomic mass is 35.5. The maximum Gasteiger partial charge on any atom is 0.272 e. The van der Waals surface area contributed by atoms with Crippen molar-refractivity contribution >= 4 is 17.3 Å². The standard InChI is InChI=1S/C15H16ClNO3/c1-4-20-15-12(13(18)14(15)19)17-7-10-9(3)5-8(2)6-11(10)16/h5-6,17H,4,7H2,1-3H3. The van der Waals surface area contributed by atoms with E-state index in [9.17, 15) is 9.59 Å². The topological polar surface area (TPSA) is 55.4 Å². The van der Waals surface area contributed by atoms with Crippen LogP contribution >= 0.6 is 11.6 Å². The minimum Gasteiger partial charge on any atom is -0.488 e. The van der Waals surface area contributed by atoms with Crippen LogP contribution in [0.25, 0.3) is 0 Å². The number of anilines is 1. The molecule has 0 spiro atoms. The normalized spacial score (nSPS) is 10.8. The predicted molar refractivity (Wildman–Crippen MR) is 80.8 cm³/mol. The van der Waals surface area contributed by atoms with E-state index in [0.29, 0.717) is 18.2 Å². The van der Waals surface area contributed by atoms with Crippen molar-refractivity contribution in [1.82, 2.24) is 0 Å². The van der Waals surface area contributed by atoms with Gasteiger partial charge in [-0.2, -0.15) is 0 Å². The molecule has 1 N–H and O–H groups in total. The number of rotatable bonds is 5. The van der Waals surface area contributed by atoms with Crippen molar-refractivity contribution in [2.45, 2.75) is 27.3 Å². The zero-order chi connectivity index (χ0) is 14.9. The third-order valence-electron chi connectivity index (χ3n) is 3.16. The van der Waals surface area contributed by atoms with Gasteiger partial charge in [-0.25, -0.2) is 0 Å². The Bertz CT molecular complexity index is 691. The number of hydrogen-bond donors (Lipinski definition) is 1. The molecule has 0 aliphatic carbocycles. The van der Waals surface area contributed by atoms with E-state index in [1.54, 1.807) is 6.92 Å². The second kappa shape index (κ2) is 5.67. The van der Waals surface area contributed by atoms with Gasteiger partial charge in [-0.15, -0.1) is 0 Å². The van der Waals surface area contributed by atoms with Gasteiger partial charge in [0.2, 0.25) is 0 Å². The van der Waals surface area contributed by atoms with Crippen molar-refractivity contribution in [1.29, 1.82) is 0 Å². The zero-order valence-electron chi connectivity index (χ0n) is 11.7. The lowest BCUT2D eigenvalue weighted by Crippen LogP contribution is -2.35. The van der Waals surface area contributed by atoms with Crippen molar-refractivity contribution in [2.75, 3.05) is 11.9 Å². The largest absolute Gasteiger partial charge is 0.488 e. The fraction of sp³-hybridized carbons (Fsp3) is 0.333. The lowest BCUT2D eigenvalue weighted by Gasteiger charge is -2.15. The van der Waals surface area contributed by atoms with E-state index in [4.69, 9.17) is 16.3 Å². The van der Waals surface area contributed by atoms with Gasteiger partial charge in [-0.3, -0.25) is 9.59 Å². The van der Waals surface area contributed by atoms with Crippen LogP contribution in [-0.2, 0) is 6.54 Å². The molecule has 2 aromatic rings. The van der Waals surface area contributed by atoms with Crippen LogP contribution in [0.3, 0.4) is 0 Å². The van der Waals surface area contributed by atoms with Crippen LogP contribution in [-0.4, -0.2) is 6.61 Å². The van der Waals surface area contributed by atoms with E-state index in [1.807, 2.05) is 26.0 Å². The summed E-state index contributed by atoms with van der Waals surface area (Å²) in [5.41, 5.74) is 2.18. The Morgan fingerprint density at radius 3 is 2.50 bits per heavy atom. The monoisotopic (exact) mass is 293 g/mol. The summed E-state index contributed by atoms with van der Waals surface area (Å²) in [5, 5.41) is 3.60. The Kier molecular flexibility index (Phi) is 4.14. The Morgan fingerprint density at radius 1 is 1.20 bits per heavy atom. The van der Waals surface area contributed by atoms with Crippen molar-refractivity contribution in [2.24, 2.45) is 0 Å². The SMILES string of the molecule is CCOc1c(NCc2c(C)cc(C)cc2Cl)c(=O)c1=O. The first-order valence-corrected chi connectivity index (χ1v) is 6.79. The first kappa shape index (κ1) is 14.6. The molecule has 2 aromatic carbocycles. The highest BCUT2D eigenvalue weighted by Crippen LogP contribution is 2.24. The van der Waals surface area contributed by atoms with Crippen molar-refractivity contribution in [3.8, 4) is 5.75 Å². The van der Waals surface area contributed by atoms with E-state index in [2.05, 4.69) is 5.32 Å². The minimum absolute atomic E-state index is 0.124. The molecule has 0 radical (unpaired) electrons.